The van der Waals surface area contributed by atoms with Crippen molar-refractivity contribution in [2.24, 2.45) is 23.7 Å². The third-order valence-corrected chi connectivity index (χ3v) is 5.71. The van der Waals surface area contributed by atoms with Crippen molar-refractivity contribution in [3.05, 3.63) is 35.6 Å². The van der Waals surface area contributed by atoms with E-state index in [1.807, 2.05) is 12.1 Å². The summed E-state index contributed by atoms with van der Waals surface area (Å²) in [6.45, 7) is 0.694. The average molecular weight is 259 g/mol. The smallest absolute Gasteiger partial charge is 0.127 e. The Hall–Kier alpha value is -0.890. The van der Waals surface area contributed by atoms with Crippen LogP contribution >= 0.6 is 0 Å². The first-order valence-corrected chi connectivity index (χ1v) is 7.76. The Bertz CT molecular complexity index is 442. The molecule has 0 amide bonds. The Morgan fingerprint density at radius 2 is 1.58 bits per heavy atom. The van der Waals surface area contributed by atoms with Crippen molar-refractivity contribution in [3.8, 4) is 0 Å². The summed E-state index contributed by atoms with van der Waals surface area (Å²) in [6.07, 6.45) is 7.17. The van der Waals surface area contributed by atoms with E-state index in [1.54, 1.807) is 12.1 Å². The molecule has 0 spiro atoms. The lowest BCUT2D eigenvalue weighted by Gasteiger charge is -2.54. The van der Waals surface area contributed by atoms with Crippen LogP contribution in [0, 0.1) is 29.5 Å². The molecule has 1 aromatic carbocycles. The fraction of sp³-hybridized carbons (Fsp3) is 0.647. The molecule has 1 aromatic rings. The van der Waals surface area contributed by atoms with Crippen LogP contribution in [0.25, 0.3) is 0 Å². The highest BCUT2D eigenvalue weighted by molar-refractivity contribution is 5.17. The predicted octanol–water partition coefficient (Wildman–Crippen LogP) is 3.74. The largest absolute Gasteiger partial charge is 0.309 e. The SMILES string of the molecule is Fc1ccccc1CNC1C2CC3CC(C2)CC1C3. The lowest BCUT2D eigenvalue weighted by Crippen LogP contribution is -2.54. The predicted molar refractivity (Wildman–Crippen MR) is 74.1 cm³/mol. The molecule has 4 bridgehead atoms. The van der Waals surface area contributed by atoms with Gasteiger partial charge in [-0.3, -0.25) is 0 Å². The van der Waals surface area contributed by atoms with Crippen LogP contribution in [0.5, 0.6) is 0 Å². The quantitative estimate of drug-likeness (QED) is 0.872. The molecule has 0 radical (unpaired) electrons. The minimum Gasteiger partial charge on any atom is -0.309 e. The zero-order chi connectivity index (χ0) is 12.8. The lowest BCUT2D eigenvalue weighted by molar-refractivity contribution is -0.0143. The van der Waals surface area contributed by atoms with Crippen molar-refractivity contribution in [1.29, 1.82) is 0 Å². The fourth-order valence-electron chi connectivity index (χ4n) is 5.13. The van der Waals surface area contributed by atoms with Crippen LogP contribution in [0.15, 0.2) is 24.3 Å². The molecule has 0 aromatic heterocycles. The Morgan fingerprint density at radius 1 is 0.947 bits per heavy atom. The molecular formula is C17H22FN. The summed E-state index contributed by atoms with van der Waals surface area (Å²) >= 11 is 0. The fourth-order valence-corrected chi connectivity index (χ4v) is 5.13. The summed E-state index contributed by atoms with van der Waals surface area (Å²) in [5.74, 6) is 3.67. The molecule has 4 fully saturated rings. The van der Waals surface area contributed by atoms with Crippen LogP contribution in [-0.2, 0) is 6.54 Å². The lowest BCUT2D eigenvalue weighted by atomic mass is 9.54. The van der Waals surface area contributed by atoms with Crippen LogP contribution < -0.4 is 5.32 Å². The van der Waals surface area contributed by atoms with Gasteiger partial charge in [-0.25, -0.2) is 4.39 Å². The van der Waals surface area contributed by atoms with Gasteiger partial charge in [0.2, 0.25) is 0 Å². The molecule has 4 saturated carbocycles. The number of benzene rings is 1. The van der Waals surface area contributed by atoms with Crippen molar-refractivity contribution in [2.75, 3.05) is 0 Å². The van der Waals surface area contributed by atoms with Crippen LogP contribution in [0.3, 0.4) is 0 Å². The zero-order valence-electron chi connectivity index (χ0n) is 11.3. The summed E-state index contributed by atoms with van der Waals surface area (Å²) in [7, 11) is 0. The monoisotopic (exact) mass is 259 g/mol. The van der Waals surface area contributed by atoms with E-state index in [2.05, 4.69) is 5.32 Å². The second kappa shape index (κ2) is 4.59. The van der Waals surface area contributed by atoms with E-state index >= 15 is 0 Å². The normalized spacial score (nSPS) is 39.7. The number of nitrogens with one attached hydrogen (secondary N) is 1. The van der Waals surface area contributed by atoms with E-state index in [0.29, 0.717) is 12.6 Å². The molecule has 0 heterocycles. The third kappa shape index (κ3) is 2.10. The van der Waals surface area contributed by atoms with Gasteiger partial charge in [-0.15, -0.1) is 0 Å². The second-order valence-corrected chi connectivity index (χ2v) is 6.93. The van der Waals surface area contributed by atoms with Gasteiger partial charge in [0.05, 0.1) is 0 Å². The molecule has 1 N–H and O–H groups in total. The third-order valence-electron chi connectivity index (χ3n) is 5.71. The molecule has 2 heteroatoms. The van der Waals surface area contributed by atoms with Gasteiger partial charge in [-0.05, 0) is 61.8 Å². The van der Waals surface area contributed by atoms with E-state index in [4.69, 9.17) is 0 Å². The van der Waals surface area contributed by atoms with Crippen molar-refractivity contribution in [2.45, 2.75) is 44.7 Å². The highest BCUT2D eigenvalue weighted by Crippen LogP contribution is 2.53. The molecule has 0 unspecified atom stereocenters. The van der Waals surface area contributed by atoms with Crippen molar-refractivity contribution in [1.82, 2.24) is 5.32 Å². The molecule has 0 atom stereocenters. The Balaban J connectivity index is 1.45. The van der Waals surface area contributed by atoms with E-state index in [9.17, 15) is 4.39 Å². The number of hydrogen-bond acceptors (Lipinski definition) is 1. The molecular weight excluding hydrogens is 237 g/mol. The number of halogens is 1. The minimum atomic E-state index is -0.0705. The summed E-state index contributed by atoms with van der Waals surface area (Å²) < 4.78 is 13.7. The zero-order valence-corrected chi connectivity index (χ0v) is 11.3. The number of rotatable bonds is 3. The van der Waals surface area contributed by atoms with Gasteiger partial charge in [0.1, 0.15) is 5.82 Å². The summed E-state index contributed by atoms with van der Waals surface area (Å²) in [5.41, 5.74) is 0.816. The van der Waals surface area contributed by atoms with E-state index in [-0.39, 0.29) is 5.82 Å². The van der Waals surface area contributed by atoms with Gasteiger partial charge in [-0.2, -0.15) is 0 Å². The van der Waals surface area contributed by atoms with E-state index in [0.717, 1.165) is 29.2 Å². The standard InChI is InChI=1S/C17H22FN/c18-16-4-2-1-3-13(16)10-19-17-14-6-11-5-12(8-14)9-15(17)7-11/h1-4,11-12,14-15,17,19H,5-10H2. The maximum atomic E-state index is 13.7. The summed E-state index contributed by atoms with van der Waals surface area (Å²) in [4.78, 5) is 0. The van der Waals surface area contributed by atoms with Crippen LogP contribution in [-0.4, -0.2) is 6.04 Å². The highest BCUT2D eigenvalue weighted by atomic mass is 19.1. The maximum Gasteiger partial charge on any atom is 0.127 e. The topological polar surface area (TPSA) is 12.0 Å². The van der Waals surface area contributed by atoms with Crippen LogP contribution in [0.4, 0.5) is 4.39 Å². The average Bonchev–Trinajstić information content (AvgIpc) is 2.39. The van der Waals surface area contributed by atoms with Gasteiger partial charge in [0.15, 0.2) is 0 Å². The number of hydrogen-bond donors (Lipinski definition) is 1. The molecule has 1 nitrogen and oxygen atoms in total. The second-order valence-electron chi connectivity index (χ2n) is 6.93. The van der Waals surface area contributed by atoms with Gasteiger partial charge in [0.25, 0.3) is 0 Å². The summed E-state index contributed by atoms with van der Waals surface area (Å²) in [5, 5.41) is 3.68. The van der Waals surface area contributed by atoms with E-state index in [1.165, 1.54) is 32.1 Å². The Labute approximate surface area is 114 Å². The summed E-state index contributed by atoms with van der Waals surface area (Å²) in [6, 6.07) is 7.80. The molecule has 19 heavy (non-hydrogen) atoms. The van der Waals surface area contributed by atoms with Crippen LogP contribution in [0.2, 0.25) is 0 Å². The Kier molecular flexibility index (Phi) is 2.87. The molecule has 5 rings (SSSR count). The van der Waals surface area contributed by atoms with Gasteiger partial charge in [0, 0.05) is 18.2 Å². The van der Waals surface area contributed by atoms with Gasteiger partial charge in [-0.1, -0.05) is 18.2 Å². The first kappa shape index (κ1) is 11.9. The highest BCUT2D eigenvalue weighted by Gasteiger charge is 2.47. The van der Waals surface area contributed by atoms with Crippen molar-refractivity contribution < 1.29 is 4.39 Å². The first-order valence-electron chi connectivity index (χ1n) is 7.76. The molecule has 4 aliphatic rings. The molecule has 0 aliphatic heterocycles. The van der Waals surface area contributed by atoms with E-state index < -0.39 is 0 Å². The maximum absolute atomic E-state index is 13.7. The van der Waals surface area contributed by atoms with Gasteiger partial charge < -0.3 is 5.32 Å². The van der Waals surface area contributed by atoms with Crippen molar-refractivity contribution >= 4 is 0 Å². The molecule has 102 valence electrons. The molecule has 4 aliphatic carbocycles. The molecule has 0 saturated heterocycles. The van der Waals surface area contributed by atoms with Gasteiger partial charge >= 0.3 is 0 Å². The minimum absolute atomic E-state index is 0.0705. The van der Waals surface area contributed by atoms with Crippen molar-refractivity contribution in [3.63, 3.8) is 0 Å². The van der Waals surface area contributed by atoms with Crippen LogP contribution in [0.1, 0.15) is 37.7 Å². The Morgan fingerprint density at radius 3 is 2.21 bits per heavy atom. The first-order chi connectivity index (χ1) is 9.29.